The molecule has 1 aliphatic heterocycles. The number of rotatable bonds is 40. The number of nitrogens with one attached hydrogen (secondary N) is 2. The van der Waals surface area contributed by atoms with Crippen molar-refractivity contribution in [3.63, 3.8) is 0 Å². The summed E-state index contributed by atoms with van der Waals surface area (Å²) in [5, 5.41) is 26.3. The lowest BCUT2D eigenvalue weighted by Crippen LogP contribution is -2.46. The number of Topliss-reactive ketones (excluding diaryl/α,β-unsaturated/α-hetero) is 1. The Morgan fingerprint density at radius 1 is 0.808 bits per heavy atom. The molecule has 0 spiro atoms. The van der Waals surface area contributed by atoms with Crippen molar-refractivity contribution in [3.8, 4) is 0 Å². The van der Waals surface area contributed by atoms with Gasteiger partial charge in [0, 0.05) is 37.1 Å². The van der Waals surface area contributed by atoms with Crippen LogP contribution in [0.2, 0.25) is 0 Å². The van der Waals surface area contributed by atoms with E-state index in [2.05, 4.69) is 102 Å². The number of aliphatic hydroxyl groups is 2. The molecule has 0 saturated carbocycles. The largest absolute Gasteiger partial charge is 0.481 e. The fraction of sp³-hybridized carbons (Fsp3) is 0.612. The lowest BCUT2D eigenvalue weighted by Gasteiger charge is -2.30. The zero-order valence-corrected chi connectivity index (χ0v) is 47.9. The number of anilines is 1. The van der Waals surface area contributed by atoms with Gasteiger partial charge in [0.1, 0.15) is 42.0 Å². The van der Waals surface area contributed by atoms with Crippen LogP contribution in [0.15, 0.2) is 73.4 Å². The van der Waals surface area contributed by atoms with Crippen LogP contribution < -0.4 is 16.4 Å². The number of carbonyl (C=O) groups is 4. The Morgan fingerprint density at radius 3 is 2.03 bits per heavy atom. The van der Waals surface area contributed by atoms with E-state index in [-0.39, 0.29) is 59.6 Å². The van der Waals surface area contributed by atoms with Gasteiger partial charge in [-0.15, -0.1) is 0 Å². The molecule has 1 aliphatic rings. The summed E-state index contributed by atoms with van der Waals surface area (Å²) in [6.07, 6.45) is 28.4. The van der Waals surface area contributed by atoms with Gasteiger partial charge in [-0.2, -0.15) is 4.31 Å². The predicted molar refractivity (Wildman–Crippen MR) is 293 cm³/mol. The smallest absolute Gasteiger partial charge is 0.386 e. The van der Waals surface area contributed by atoms with Crippen molar-refractivity contribution in [2.24, 2.45) is 5.41 Å². The SMILES string of the molecule is CCC=CCC=CCC=CCC=CCC=CCCCCCCCCCC(=O)CC(=O)SCCNC(=O)CCNC(=O)C(O)C(C)(C)COP(=O)(O)OP(=O)(O)OCC1OC(n2cnc3c(N)ncnc32)C(O)C1OP(=O)(O)O. The zero-order valence-electron chi connectivity index (χ0n) is 44.4. The van der Waals surface area contributed by atoms with Crippen molar-refractivity contribution >= 4 is 74.9 Å². The summed E-state index contributed by atoms with van der Waals surface area (Å²) in [5.41, 5.74) is 4.24. The highest BCUT2D eigenvalue weighted by Crippen LogP contribution is 2.61. The Hall–Kier alpha value is -4.07. The summed E-state index contributed by atoms with van der Waals surface area (Å²) in [7, 11) is -16.5. The number of aliphatic hydroxyl groups excluding tert-OH is 2. The minimum absolute atomic E-state index is 0.0245. The fourth-order valence-corrected chi connectivity index (χ4v) is 11.0. The minimum atomic E-state index is -5.60. The number of nitrogens with zero attached hydrogens (tertiary/aromatic N) is 4. The number of phosphoric acid groups is 3. The van der Waals surface area contributed by atoms with E-state index in [0.717, 1.165) is 106 Å². The number of aromatic nitrogens is 4. The second kappa shape index (κ2) is 35.6. The number of hydrogen-bond acceptors (Lipinski definition) is 19. The average molecular weight is 1180 g/mol. The highest BCUT2D eigenvalue weighted by molar-refractivity contribution is 8.13. The first-order valence-electron chi connectivity index (χ1n) is 25.8. The first-order valence-corrected chi connectivity index (χ1v) is 31.3. The van der Waals surface area contributed by atoms with Gasteiger partial charge in [0.25, 0.3) is 0 Å². The van der Waals surface area contributed by atoms with Crippen LogP contribution in [-0.2, 0) is 55.5 Å². The molecule has 3 rings (SSSR count). The summed E-state index contributed by atoms with van der Waals surface area (Å²) in [6.45, 7) is 2.45. The van der Waals surface area contributed by atoms with Crippen LogP contribution in [-0.4, -0.2) is 128 Å². The number of fused-ring (bicyclic) bond motifs is 1. The van der Waals surface area contributed by atoms with Gasteiger partial charge in [0.15, 0.2) is 22.8 Å². The Balaban J connectivity index is 1.22. The van der Waals surface area contributed by atoms with Crippen molar-refractivity contribution in [2.45, 2.75) is 154 Å². The van der Waals surface area contributed by atoms with Crippen LogP contribution in [0.4, 0.5) is 5.82 Å². The number of ketones is 1. The van der Waals surface area contributed by atoms with E-state index >= 15 is 0 Å². The van der Waals surface area contributed by atoms with E-state index in [1.165, 1.54) is 20.3 Å². The maximum absolute atomic E-state index is 12.8. The molecule has 0 aliphatic carbocycles. The molecule has 29 heteroatoms. The minimum Gasteiger partial charge on any atom is -0.386 e. The molecule has 10 N–H and O–H groups in total. The van der Waals surface area contributed by atoms with E-state index in [1.54, 1.807) is 0 Å². The number of ether oxygens (including phenoxy) is 1. The lowest BCUT2D eigenvalue weighted by atomic mass is 9.87. The van der Waals surface area contributed by atoms with Gasteiger partial charge in [-0.25, -0.2) is 28.6 Å². The van der Waals surface area contributed by atoms with Gasteiger partial charge in [-0.3, -0.25) is 37.3 Å². The number of carbonyl (C=O) groups excluding carboxylic acids is 4. The number of hydrogen-bond donors (Lipinski definition) is 9. The van der Waals surface area contributed by atoms with Crippen molar-refractivity contribution in [2.75, 3.05) is 37.8 Å². The molecule has 1 saturated heterocycles. The molecule has 2 aromatic rings. The summed E-state index contributed by atoms with van der Waals surface area (Å²) in [5.74, 6) is -1.43. The van der Waals surface area contributed by atoms with Gasteiger partial charge >= 0.3 is 23.5 Å². The van der Waals surface area contributed by atoms with Crippen molar-refractivity contribution < 1.29 is 85.3 Å². The molecule has 0 radical (unpaired) electrons. The third-order valence-electron chi connectivity index (χ3n) is 11.6. The summed E-state index contributed by atoms with van der Waals surface area (Å²) in [6, 6.07) is 0. The van der Waals surface area contributed by atoms with Crippen molar-refractivity contribution in [3.05, 3.63) is 73.4 Å². The van der Waals surface area contributed by atoms with Crippen molar-refractivity contribution in [1.29, 1.82) is 0 Å². The third-order valence-corrected chi connectivity index (χ3v) is 15.6. The molecule has 3 heterocycles. The average Bonchev–Trinajstić information content (AvgIpc) is 4.01. The van der Waals surface area contributed by atoms with Gasteiger partial charge in [-0.05, 0) is 51.4 Å². The molecule has 0 aromatic carbocycles. The van der Waals surface area contributed by atoms with E-state index < -0.39 is 84.6 Å². The highest BCUT2D eigenvalue weighted by atomic mass is 32.2. The Labute approximate surface area is 459 Å². The molecule has 78 heavy (non-hydrogen) atoms. The predicted octanol–water partition coefficient (Wildman–Crippen LogP) is 6.89. The van der Waals surface area contributed by atoms with Crippen molar-refractivity contribution in [1.82, 2.24) is 30.2 Å². The second-order valence-corrected chi connectivity index (χ2v) is 24.1. The maximum Gasteiger partial charge on any atom is 0.481 e. The lowest BCUT2D eigenvalue weighted by molar-refractivity contribution is -0.137. The van der Waals surface area contributed by atoms with Crippen LogP contribution in [0.1, 0.15) is 130 Å². The molecule has 0 bridgehead atoms. The highest BCUT2D eigenvalue weighted by Gasteiger charge is 2.50. The first-order chi connectivity index (χ1) is 36.9. The van der Waals surface area contributed by atoms with Crippen LogP contribution >= 0.6 is 35.2 Å². The number of imidazole rings is 1. The molecule has 7 atom stereocenters. The van der Waals surface area contributed by atoms with E-state index in [0.29, 0.717) is 6.42 Å². The van der Waals surface area contributed by atoms with E-state index in [9.17, 15) is 62.7 Å². The monoisotopic (exact) mass is 1180 g/mol. The molecule has 1 fully saturated rings. The fourth-order valence-electron chi connectivity index (χ4n) is 7.43. The van der Waals surface area contributed by atoms with Gasteiger partial charge in [0.05, 0.1) is 26.0 Å². The number of unbranched alkanes of at least 4 members (excludes halogenated alkanes) is 7. The summed E-state index contributed by atoms with van der Waals surface area (Å²) >= 11 is 0.933. The van der Waals surface area contributed by atoms with E-state index in [1.807, 2.05) is 0 Å². The number of allylic oxidation sites excluding steroid dienone is 10. The normalized spacial score (nSPS) is 19.4. The molecule has 438 valence electrons. The molecular weight excluding hydrogens is 1100 g/mol. The zero-order chi connectivity index (χ0) is 57.6. The third kappa shape index (κ3) is 27.4. The second-order valence-electron chi connectivity index (χ2n) is 18.7. The molecule has 2 aromatic heterocycles. The molecular formula is C49H78N7O18P3S. The Kier molecular flexibility index (Phi) is 31.1. The van der Waals surface area contributed by atoms with Gasteiger partial charge < -0.3 is 50.9 Å². The maximum atomic E-state index is 12.8. The van der Waals surface area contributed by atoms with Gasteiger partial charge in [0.2, 0.25) is 11.8 Å². The topological polar surface area (TPSA) is 381 Å². The molecule has 2 amide bonds. The van der Waals surface area contributed by atoms with Crippen LogP contribution in [0.5, 0.6) is 0 Å². The number of phosphoric ester groups is 3. The summed E-state index contributed by atoms with van der Waals surface area (Å²) < 4.78 is 62.5. The molecule has 25 nitrogen and oxygen atoms in total. The standard InChI is InChI=1S/C49H78N7O18P3S/c1-4-5-6-7-8-9-10-11-12-13-14-15-16-17-18-19-20-21-22-23-24-25-26-27-37(57)32-40(59)78-31-30-51-39(58)28-29-52-47(62)44(61)49(2,3)34-71-77(68,69)74-76(66,67)70-33-38-43(73-75(63,64)65)42(60)48(72-38)56-36-55-41-45(50)53-35-54-46(41)56/h5-6,8-9,11-12,14-15,17-18,35-36,38,42-44,48,60-61H,4,7,10,13,16,19-34H2,1-3H3,(H,51,58)(H,52,62)(H,66,67)(H,68,69)(H2,50,53,54)(H2,63,64,65). The number of nitrogen functional groups attached to an aromatic ring is 1. The number of nitrogens with two attached hydrogens (primary N) is 1. The van der Waals surface area contributed by atoms with E-state index in [4.69, 9.17) is 19.5 Å². The number of amides is 2. The van der Waals surface area contributed by atoms with Crippen LogP contribution in [0.3, 0.4) is 0 Å². The van der Waals surface area contributed by atoms with Crippen LogP contribution in [0.25, 0.3) is 11.2 Å². The van der Waals surface area contributed by atoms with Gasteiger partial charge in [-0.1, -0.05) is 125 Å². The quantitative estimate of drug-likeness (QED) is 0.0142. The summed E-state index contributed by atoms with van der Waals surface area (Å²) in [4.78, 5) is 101. The number of thioether (sulfide) groups is 1. The Morgan fingerprint density at radius 2 is 1.40 bits per heavy atom. The van der Waals surface area contributed by atoms with Crippen LogP contribution in [0, 0.1) is 5.41 Å². The Bertz CT molecular complexity index is 2500. The molecule has 7 unspecified atom stereocenters. The first kappa shape index (κ1) is 68.2.